The lowest BCUT2D eigenvalue weighted by molar-refractivity contribution is 0.216. The molecule has 9 heteroatoms. The molecule has 4 aromatic rings. The monoisotopic (exact) mass is 444 g/mol. The van der Waals surface area contributed by atoms with Crippen LogP contribution in [0.15, 0.2) is 42.6 Å². The van der Waals surface area contributed by atoms with E-state index in [1.165, 1.54) is 23.7 Å². The zero-order chi connectivity index (χ0) is 20.7. The Morgan fingerprint density at radius 2 is 2.17 bits per heavy atom. The van der Waals surface area contributed by atoms with Gasteiger partial charge in [0.05, 0.1) is 24.2 Å². The van der Waals surface area contributed by atoms with Gasteiger partial charge in [0.2, 0.25) is 0 Å². The van der Waals surface area contributed by atoms with Crippen molar-refractivity contribution in [3.8, 4) is 16.6 Å². The predicted molar refractivity (Wildman–Crippen MR) is 114 cm³/mol. The maximum Gasteiger partial charge on any atom is 0.292 e. The first-order chi connectivity index (χ1) is 14.6. The molecule has 0 fully saturated rings. The van der Waals surface area contributed by atoms with Crippen LogP contribution in [0.4, 0.5) is 4.39 Å². The first-order valence-electron chi connectivity index (χ1n) is 9.42. The van der Waals surface area contributed by atoms with E-state index >= 15 is 0 Å². The Morgan fingerprint density at radius 1 is 1.27 bits per heavy atom. The van der Waals surface area contributed by atoms with Crippen LogP contribution in [0.3, 0.4) is 0 Å². The third-order valence-electron chi connectivity index (χ3n) is 5.07. The number of halogens is 2. The molecule has 0 N–H and O–H groups in total. The van der Waals surface area contributed by atoms with Crippen LogP contribution in [-0.2, 0) is 13.1 Å². The number of fused-ring (bicyclic) bond motifs is 2. The second kappa shape index (κ2) is 7.86. The normalized spacial score (nSPS) is 14.4. The minimum atomic E-state index is -0.253. The van der Waals surface area contributed by atoms with Gasteiger partial charge in [0.1, 0.15) is 18.2 Å². The van der Waals surface area contributed by atoms with Gasteiger partial charge in [-0.15, -0.1) is 0 Å². The van der Waals surface area contributed by atoms with Gasteiger partial charge in [-0.05, 0) is 36.4 Å². The van der Waals surface area contributed by atoms with E-state index in [2.05, 4.69) is 20.3 Å². The van der Waals surface area contributed by atoms with Gasteiger partial charge in [-0.25, -0.2) is 4.39 Å². The van der Waals surface area contributed by atoms with E-state index in [1.54, 1.807) is 13.2 Å². The number of hydrogen-bond acceptors (Lipinski definition) is 6. The van der Waals surface area contributed by atoms with Crippen molar-refractivity contribution in [1.29, 1.82) is 0 Å². The summed E-state index contributed by atoms with van der Waals surface area (Å²) in [5.41, 5.74) is 2.80. The quantitative estimate of drug-likeness (QED) is 0.457. The molecule has 0 atom stereocenters. The van der Waals surface area contributed by atoms with Crippen molar-refractivity contribution in [2.45, 2.75) is 13.1 Å². The second-order valence-electron chi connectivity index (χ2n) is 7.04. The molecule has 0 aliphatic carbocycles. The van der Waals surface area contributed by atoms with Gasteiger partial charge in [-0.3, -0.25) is 4.90 Å². The van der Waals surface area contributed by atoms with Crippen LogP contribution in [0, 0.1) is 5.82 Å². The Kier molecular flexibility index (Phi) is 5.06. The molecule has 0 saturated carbocycles. The SMILES string of the molecule is COc1nc(CN2CCOc3c(Cl)cc(-n4ccc5cc(F)ccc54)cc3C2)ns1. The van der Waals surface area contributed by atoms with E-state index in [4.69, 9.17) is 21.1 Å². The highest BCUT2D eigenvalue weighted by Crippen LogP contribution is 2.35. The van der Waals surface area contributed by atoms with Crippen molar-refractivity contribution in [1.82, 2.24) is 18.8 Å². The Morgan fingerprint density at radius 3 is 3.00 bits per heavy atom. The number of methoxy groups -OCH3 is 1. The zero-order valence-electron chi connectivity index (χ0n) is 16.1. The lowest BCUT2D eigenvalue weighted by atomic mass is 10.1. The Labute approximate surface area is 181 Å². The van der Waals surface area contributed by atoms with Crippen LogP contribution < -0.4 is 9.47 Å². The van der Waals surface area contributed by atoms with Crippen LogP contribution in [-0.4, -0.2) is 39.1 Å². The van der Waals surface area contributed by atoms with E-state index in [-0.39, 0.29) is 5.82 Å². The van der Waals surface area contributed by atoms with Crippen molar-refractivity contribution in [3.05, 3.63) is 64.8 Å². The number of benzene rings is 2. The first kappa shape index (κ1) is 19.3. The number of hydrogen-bond donors (Lipinski definition) is 0. The van der Waals surface area contributed by atoms with Gasteiger partial charge in [-0.1, -0.05) is 11.6 Å². The Bertz CT molecular complexity index is 1230. The summed E-state index contributed by atoms with van der Waals surface area (Å²) in [7, 11) is 1.59. The third-order valence-corrected chi connectivity index (χ3v) is 6.07. The highest BCUT2D eigenvalue weighted by molar-refractivity contribution is 7.07. The minimum Gasteiger partial charge on any atom is -0.490 e. The fourth-order valence-corrected chi connectivity index (χ4v) is 4.50. The summed E-state index contributed by atoms with van der Waals surface area (Å²) in [5, 5.41) is 1.95. The minimum absolute atomic E-state index is 0.253. The summed E-state index contributed by atoms with van der Waals surface area (Å²) in [6, 6.07) is 10.6. The molecule has 6 nitrogen and oxygen atoms in total. The van der Waals surface area contributed by atoms with E-state index in [0.717, 1.165) is 34.5 Å². The largest absolute Gasteiger partial charge is 0.490 e. The van der Waals surface area contributed by atoms with E-state index in [9.17, 15) is 4.39 Å². The molecule has 0 radical (unpaired) electrons. The fourth-order valence-electron chi connectivity index (χ4n) is 3.71. The summed E-state index contributed by atoms with van der Waals surface area (Å²) < 4.78 is 31.0. The zero-order valence-corrected chi connectivity index (χ0v) is 17.7. The standard InChI is InChI=1S/C21H18ClFN4O2S/c1-28-21-24-19(25-30-21)12-26-6-7-29-20-14(11-26)9-16(10-17(20)22)27-5-4-13-8-15(23)2-3-18(13)27/h2-5,8-10H,6-7,11-12H2,1H3. The number of ether oxygens (including phenoxy) is 2. The average molecular weight is 445 g/mol. The lowest BCUT2D eigenvalue weighted by Crippen LogP contribution is -2.25. The van der Waals surface area contributed by atoms with Crippen LogP contribution in [0.25, 0.3) is 16.6 Å². The number of rotatable bonds is 4. The molecular formula is C21H18ClFN4O2S. The van der Waals surface area contributed by atoms with Crippen molar-refractivity contribution < 1.29 is 13.9 Å². The molecule has 0 spiro atoms. The van der Waals surface area contributed by atoms with Gasteiger partial charge in [0, 0.05) is 47.5 Å². The number of nitrogens with zero attached hydrogens (tertiary/aromatic N) is 4. The van der Waals surface area contributed by atoms with Crippen molar-refractivity contribution >= 4 is 34.0 Å². The molecule has 0 unspecified atom stereocenters. The molecule has 3 heterocycles. The Balaban J connectivity index is 1.48. The van der Waals surface area contributed by atoms with Crippen LogP contribution in [0.2, 0.25) is 5.02 Å². The van der Waals surface area contributed by atoms with Crippen LogP contribution in [0.1, 0.15) is 11.4 Å². The average Bonchev–Trinajstić information content (AvgIpc) is 3.30. The number of aromatic nitrogens is 3. The van der Waals surface area contributed by atoms with Crippen molar-refractivity contribution in [2.24, 2.45) is 0 Å². The smallest absolute Gasteiger partial charge is 0.292 e. The molecule has 154 valence electrons. The second-order valence-corrected chi connectivity index (χ2v) is 8.17. The summed E-state index contributed by atoms with van der Waals surface area (Å²) in [4.78, 5) is 6.59. The molecule has 30 heavy (non-hydrogen) atoms. The molecule has 1 aliphatic heterocycles. The topological polar surface area (TPSA) is 52.4 Å². The summed E-state index contributed by atoms with van der Waals surface area (Å²) in [5.74, 6) is 1.17. The highest BCUT2D eigenvalue weighted by atomic mass is 35.5. The maximum atomic E-state index is 13.6. The van der Waals surface area contributed by atoms with Crippen molar-refractivity contribution in [2.75, 3.05) is 20.3 Å². The van der Waals surface area contributed by atoms with E-state index < -0.39 is 0 Å². The summed E-state index contributed by atoms with van der Waals surface area (Å²) >= 11 is 7.83. The summed E-state index contributed by atoms with van der Waals surface area (Å²) in [6.07, 6.45) is 1.92. The van der Waals surface area contributed by atoms with Gasteiger partial charge in [-0.2, -0.15) is 9.36 Å². The van der Waals surface area contributed by atoms with Crippen LogP contribution in [0.5, 0.6) is 10.9 Å². The molecule has 0 bridgehead atoms. The highest BCUT2D eigenvalue weighted by Gasteiger charge is 2.21. The molecule has 5 rings (SSSR count). The van der Waals surface area contributed by atoms with Crippen LogP contribution >= 0.6 is 23.1 Å². The van der Waals surface area contributed by atoms with Gasteiger partial charge in [0.15, 0.2) is 5.82 Å². The maximum absolute atomic E-state index is 13.6. The van der Waals surface area contributed by atoms with Gasteiger partial charge < -0.3 is 14.0 Å². The molecule has 1 aliphatic rings. The van der Waals surface area contributed by atoms with E-state index in [0.29, 0.717) is 35.7 Å². The Hall–Kier alpha value is -2.68. The summed E-state index contributed by atoms with van der Waals surface area (Å²) in [6.45, 7) is 2.50. The predicted octanol–water partition coefficient (Wildman–Crippen LogP) is 4.68. The fraction of sp³-hybridized carbons (Fsp3) is 0.238. The molecule has 0 saturated heterocycles. The lowest BCUT2D eigenvalue weighted by Gasteiger charge is -2.18. The first-order valence-corrected chi connectivity index (χ1v) is 10.6. The molecular weight excluding hydrogens is 427 g/mol. The third kappa shape index (κ3) is 3.62. The van der Waals surface area contributed by atoms with E-state index in [1.807, 2.05) is 22.9 Å². The molecule has 0 amide bonds. The van der Waals surface area contributed by atoms with Gasteiger partial charge in [0.25, 0.3) is 5.19 Å². The van der Waals surface area contributed by atoms with Crippen molar-refractivity contribution in [3.63, 3.8) is 0 Å². The molecule has 2 aromatic heterocycles. The van der Waals surface area contributed by atoms with Gasteiger partial charge >= 0.3 is 0 Å². The molecule has 2 aromatic carbocycles.